The maximum Gasteiger partial charge on any atom is 0.135 e. The topological polar surface area (TPSA) is 34.1 Å². The Hall–Kier alpha value is -1.35. The molecule has 0 unspecified atom stereocenters. The van der Waals surface area contributed by atoms with Crippen LogP contribution in [0.5, 0.6) is 0 Å². The third-order valence-electron chi connectivity index (χ3n) is 2.48. The third-order valence-corrected chi connectivity index (χ3v) is 2.48. The molecule has 3 nitrogen and oxygen atoms in total. The molecule has 0 amide bonds. The van der Waals surface area contributed by atoms with Crippen LogP contribution in [0, 0.1) is 0 Å². The van der Waals surface area contributed by atoms with Crippen LogP contribution >= 0.6 is 0 Å². The molecule has 2 rings (SSSR count). The molecule has 1 aromatic rings. The van der Waals surface area contributed by atoms with Gasteiger partial charge in [0, 0.05) is 17.5 Å². The second-order valence-electron chi connectivity index (χ2n) is 4.15. The van der Waals surface area contributed by atoms with Gasteiger partial charge in [-0.15, -0.1) is 0 Å². The molecule has 1 N–H and O–H groups in total. The van der Waals surface area contributed by atoms with Crippen LogP contribution in [-0.2, 0) is 11.3 Å². The Balaban J connectivity index is 2.35. The van der Waals surface area contributed by atoms with Crippen molar-refractivity contribution in [2.45, 2.75) is 26.4 Å². The number of pyridine rings is 1. The lowest BCUT2D eigenvalue weighted by molar-refractivity contribution is 0.146. The molecule has 0 radical (unpaired) electrons. The van der Waals surface area contributed by atoms with E-state index in [9.17, 15) is 0 Å². The van der Waals surface area contributed by atoms with E-state index in [2.05, 4.69) is 36.8 Å². The molecule has 80 valence electrons. The zero-order valence-electron chi connectivity index (χ0n) is 9.21. The first-order valence-corrected chi connectivity index (χ1v) is 5.18. The van der Waals surface area contributed by atoms with Crippen molar-refractivity contribution in [3.63, 3.8) is 0 Å². The molecular weight excluding hydrogens is 188 g/mol. The molecular formula is C12H16N2O. The average molecular weight is 204 g/mol. The summed E-state index contributed by atoms with van der Waals surface area (Å²) < 4.78 is 5.47. The van der Waals surface area contributed by atoms with Gasteiger partial charge in [-0.1, -0.05) is 20.4 Å². The number of nitrogens with zero attached hydrogens (tertiary/aromatic N) is 1. The van der Waals surface area contributed by atoms with Crippen LogP contribution in [0.1, 0.15) is 30.9 Å². The normalized spacial score (nSPS) is 15.8. The predicted molar refractivity (Wildman–Crippen MR) is 60.7 cm³/mol. The minimum atomic E-state index is 0.495. The fourth-order valence-corrected chi connectivity index (χ4v) is 1.55. The number of rotatable bonds is 1. The van der Waals surface area contributed by atoms with Gasteiger partial charge in [0.05, 0.1) is 13.2 Å². The van der Waals surface area contributed by atoms with Gasteiger partial charge in [0.1, 0.15) is 5.82 Å². The molecule has 1 aliphatic rings. The van der Waals surface area contributed by atoms with E-state index in [1.807, 2.05) is 6.20 Å². The lowest BCUT2D eigenvalue weighted by atomic mass is 10.0. The summed E-state index contributed by atoms with van der Waals surface area (Å²) in [6, 6.07) is 2.15. The van der Waals surface area contributed by atoms with Gasteiger partial charge in [-0.2, -0.15) is 0 Å². The lowest BCUT2D eigenvalue weighted by Gasteiger charge is -2.10. The molecule has 0 saturated heterocycles. The molecule has 0 spiro atoms. The van der Waals surface area contributed by atoms with Crippen LogP contribution in [0.3, 0.4) is 0 Å². The van der Waals surface area contributed by atoms with E-state index in [-0.39, 0.29) is 0 Å². The first-order valence-electron chi connectivity index (χ1n) is 5.18. The summed E-state index contributed by atoms with van der Waals surface area (Å²) in [4.78, 5) is 4.40. The van der Waals surface area contributed by atoms with Crippen LogP contribution in [0.25, 0.3) is 0 Å². The van der Waals surface area contributed by atoms with Gasteiger partial charge in [0.15, 0.2) is 0 Å². The second-order valence-corrected chi connectivity index (χ2v) is 4.15. The lowest BCUT2D eigenvalue weighted by Crippen LogP contribution is -2.03. The first-order chi connectivity index (χ1) is 7.16. The zero-order valence-corrected chi connectivity index (χ0v) is 9.21. The highest BCUT2D eigenvalue weighted by Gasteiger charge is 2.12. The van der Waals surface area contributed by atoms with Crippen molar-refractivity contribution in [2.75, 3.05) is 11.9 Å². The molecule has 2 heterocycles. The SMILES string of the molecule is C=C1COCc2cc(C(C)C)cnc2N1. The van der Waals surface area contributed by atoms with Crippen LogP contribution in [0.2, 0.25) is 0 Å². The number of nitrogens with one attached hydrogen (secondary N) is 1. The van der Waals surface area contributed by atoms with Crippen molar-refractivity contribution in [3.8, 4) is 0 Å². The van der Waals surface area contributed by atoms with Gasteiger partial charge in [0.25, 0.3) is 0 Å². The highest BCUT2D eigenvalue weighted by atomic mass is 16.5. The highest BCUT2D eigenvalue weighted by Crippen LogP contribution is 2.23. The fourth-order valence-electron chi connectivity index (χ4n) is 1.55. The highest BCUT2D eigenvalue weighted by molar-refractivity contribution is 5.50. The largest absolute Gasteiger partial charge is 0.370 e. The second kappa shape index (κ2) is 4.03. The Morgan fingerprint density at radius 1 is 1.47 bits per heavy atom. The number of aromatic nitrogens is 1. The minimum absolute atomic E-state index is 0.495. The Labute approximate surface area is 90.2 Å². The molecule has 0 fully saturated rings. The quantitative estimate of drug-likeness (QED) is 0.763. The molecule has 0 aromatic carbocycles. The summed E-state index contributed by atoms with van der Waals surface area (Å²) in [5.41, 5.74) is 3.21. The van der Waals surface area contributed by atoms with E-state index >= 15 is 0 Å². The number of hydrogen-bond donors (Lipinski definition) is 1. The maximum atomic E-state index is 5.47. The summed E-state index contributed by atoms with van der Waals surface area (Å²) in [6.07, 6.45) is 1.91. The van der Waals surface area contributed by atoms with Gasteiger partial charge in [0.2, 0.25) is 0 Å². The van der Waals surface area contributed by atoms with Gasteiger partial charge < -0.3 is 10.1 Å². The van der Waals surface area contributed by atoms with Crippen LogP contribution in [0.15, 0.2) is 24.5 Å². The number of anilines is 1. The first kappa shape index (κ1) is 10.2. The van der Waals surface area contributed by atoms with Crippen molar-refractivity contribution >= 4 is 5.82 Å². The van der Waals surface area contributed by atoms with Gasteiger partial charge in [-0.05, 0) is 17.5 Å². The number of fused-ring (bicyclic) bond motifs is 1. The van der Waals surface area contributed by atoms with Crippen LogP contribution in [-0.4, -0.2) is 11.6 Å². The molecule has 1 aromatic heterocycles. The standard InChI is InChI=1S/C12H16N2O/c1-8(2)10-4-11-7-15-6-9(3)14-12(11)13-5-10/h4-5,8H,3,6-7H2,1-2H3,(H,13,14). The van der Waals surface area contributed by atoms with E-state index in [1.54, 1.807) is 0 Å². The summed E-state index contributed by atoms with van der Waals surface area (Å²) in [5, 5.41) is 3.16. The predicted octanol–water partition coefficient (Wildman–Crippen LogP) is 2.66. The van der Waals surface area contributed by atoms with Gasteiger partial charge in [-0.25, -0.2) is 4.98 Å². The molecule has 1 aliphatic heterocycles. The minimum Gasteiger partial charge on any atom is -0.370 e. The summed E-state index contributed by atoms with van der Waals surface area (Å²) in [6.45, 7) is 9.33. The molecule has 0 saturated carbocycles. The van der Waals surface area contributed by atoms with Crippen LogP contribution in [0.4, 0.5) is 5.82 Å². The summed E-state index contributed by atoms with van der Waals surface area (Å²) >= 11 is 0. The van der Waals surface area contributed by atoms with E-state index in [0.29, 0.717) is 19.1 Å². The molecule has 0 bridgehead atoms. The van der Waals surface area contributed by atoms with E-state index in [0.717, 1.165) is 17.1 Å². The van der Waals surface area contributed by atoms with Gasteiger partial charge >= 0.3 is 0 Å². The Morgan fingerprint density at radius 3 is 3.00 bits per heavy atom. The Kier molecular flexibility index (Phi) is 2.73. The molecule has 0 aliphatic carbocycles. The van der Waals surface area contributed by atoms with Crippen molar-refractivity contribution in [1.29, 1.82) is 0 Å². The fraction of sp³-hybridized carbons (Fsp3) is 0.417. The number of hydrogen-bond acceptors (Lipinski definition) is 3. The summed E-state index contributed by atoms with van der Waals surface area (Å²) in [5.74, 6) is 1.37. The van der Waals surface area contributed by atoms with E-state index in [1.165, 1.54) is 5.56 Å². The Bertz CT molecular complexity index is 385. The molecule has 0 atom stereocenters. The van der Waals surface area contributed by atoms with Crippen molar-refractivity contribution in [2.24, 2.45) is 0 Å². The zero-order chi connectivity index (χ0) is 10.8. The monoisotopic (exact) mass is 204 g/mol. The number of ether oxygens (including phenoxy) is 1. The van der Waals surface area contributed by atoms with Crippen molar-refractivity contribution in [1.82, 2.24) is 4.98 Å². The van der Waals surface area contributed by atoms with E-state index in [4.69, 9.17) is 4.74 Å². The molecule has 15 heavy (non-hydrogen) atoms. The van der Waals surface area contributed by atoms with E-state index < -0.39 is 0 Å². The average Bonchev–Trinajstić information content (AvgIpc) is 2.37. The molecule has 3 heteroatoms. The smallest absolute Gasteiger partial charge is 0.135 e. The van der Waals surface area contributed by atoms with Crippen LogP contribution < -0.4 is 5.32 Å². The summed E-state index contributed by atoms with van der Waals surface area (Å²) in [7, 11) is 0. The van der Waals surface area contributed by atoms with Crippen molar-refractivity contribution in [3.05, 3.63) is 35.7 Å². The third kappa shape index (κ3) is 2.18. The van der Waals surface area contributed by atoms with Gasteiger partial charge in [-0.3, -0.25) is 0 Å². The Morgan fingerprint density at radius 2 is 2.27 bits per heavy atom. The maximum absolute atomic E-state index is 5.47. The van der Waals surface area contributed by atoms with Crippen molar-refractivity contribution < 1.29 is 4.74 Å².